The number of aliphatic carboxylic acids is 2. The average molecular weight is 366 g/mol. The van der Waals surface area contributed by atoms with Gasteiger partial charge in [-0.25, -0.2) is 19.5 Å². The molecule has 0 rings (SSSR count). The van der Waals surface area contributed by atoms with Gasteiger partial charge in [-0.15, -0.1) is 0 Å². The molecule has 0 saturated carbocycles. The zero-order chi connectivity index (χ0) is 16.9. The number of halogens is 2. The van der Waals surface area contributed by atoms with Gasteiger partial charge >= 0.3 is 75.3 Å². The quantitative estimate of drug-likeness (QED) is 0.156. The Morgan fingerprint density at radius 3 is 1.19 bits per heavy atom. The van der Waals surface area contributed by atoms with E-state index < -0.39 is 38.1 Å². The summed E-state index contributed by atoms with van der Waals surface area (Å²) >= 11 is 0. The van der Waals surface area contributed by atoms with Gasteiger partial charge in [0.2, 0.25) is 0 Å². The molecule has 0 saturated heterocycles. The fourth-order valence-corrected chi connectivity index (χ4v) is 0.192. The van der Waals surface area contributed by atoms with Crippen molar-refractivity contribution in [1.82, 2.24) is 0 Å². The molecule has 0 aromatic carbocycles. The second-order valence-electron chi connectivity index (χ2n) is 2.18. The Labute approximate surface area is 156 Å². The van der Waals surface area contributed by atoms with Crippen LogP contribution >= 0.6 is 7.82 Å². The Morgan fingerprint density at radius 2 is 1.14 bits per heavy atom. The van der Waals surface area contributed by atoms with Crippen molar-refractivity contribution in [3.8, 4) is 0 Å². The van der Waals surface area contributed by atoms with E-state index in [4.69, 9.17) is 29.5 Å². The molecule has 0 unspecified atom stereocenters. The summed E-state index contributed by atoms with van der Waals surface area (Å²) in [4.78, 5) is 65.1. The molecular weight excluding hydrogens is 360 g/mol. The van der Waals surface area contributed by atoms with Gasteiger partial charge in [0.15, 0.2) is 0 Å². The van der Waals surface area contributed by atoms with Crippen LogP contribution in [0.2, 0.25) is 0 Å². The standard InChI is InChI=1S/C3H4O4.C2F2O4.K.H3O4P/c4-2(5)1-3(6)7;3-7-1(5)2(6)8-4;;1-5(2,3)4/h1H2,(H,4,5)(H,6,7);;;(H3,1,2,3,4)/q;;+1;/p-1. The van der Waals surface area contributed by atoms with Crippen LogP contribution in [0.5, 0.6) is 0 Å². The molecule has 0 aliphatic heterocycles. The Bertz CT molecular complexity index is 359. The molecule has 0 spiro atoms. The molecular formula is C5H6F2KO12P. The van der Waals surface area contributed by atoms with E-state index in [-0.39, 0.29) is 51.4 Å². The van der Waals surface area contributed by atoms with Gasteiger partial charge in [-0.2, -0.15) is 0 Å². The molecule has 118 valence electrons. The van der Waals surface area contributed by atoms with Crippen LogP contribution in [0.3, 0.4) is 0 Å². The van der Waals surface area contributed by atoms with Crippen LogP contribution in [0.25, 0.3) is 0 Å². The van der Waals surface area contributed by atoms with Gasteiger partial charge in [-0.1, -0.05) is 0 Å². The van der Waals surface area contributed by atoms with Crippen molar-refractivity contribution >= 4 is 31.7 Å². The van der Waals surface area contributed by atoms with Crippen LogP contribution in [0.1, 0.15) is 6.42 Å². The van der Waals surface area contributed by atoms with E-state index in [1.54, 1.807) is 0 Å². The minimum atomic E-state index is -4.89. The largest absolute Gasteiger partial charge is 1.00 e. The second-order valence-corrected chi connectivity index (χ2v) is 3.17. The first-order chi connectivity index (χ1) is 8.84. The molecule has 0 fully saturated rings. The van der Waals surface area contributed by atoms with Crippen molar-refractivity contribution in [2.75, 3.05) is 0 Å². The SMILES string of the molecule is O=C(O)CC(=O)O.O=C(OF)C(=O)OF.O=P([O-])(O)O.[K+]. The van der Waals surface area contributed by atoms with Crippen molar-refractivity contribution in [3.05, 3.63) is 0 Å². The number of phosphoric acid groups is 1. The predicted octanol–water partition coefficient (Wildman–Crippen LogP) is -5.17. The molecule has 0 aromatic rings. The number of carboxylic acid groups (broad SMARTS) is 2. The van der Waals surface area contributed by atoms with Crippen molar-refractivity contribution in [3.63, 3.8) is 0 Å². The van der Waals surface area contributed by atoms with Crippen LogP contribution in [-0.2, 0) is 33.6 Å². The number of hydrogen-bond donors (Lipinski definition) is 4. The molecule has 0 aromatic heterocycles. The predicted molar refractivity (Wildman–Crippen MR) is 46.3 cm³/mol. The first kappa shape index (κ1) is 28.6. The molecule has 0 bridgehead atoms. The summed E-state index contributed by atoms with van der Waals surface area (Å²) < 4.78 is 29.8. The van der Waals surface area contributed by atoms with Crippen LogP contribution in [0.4, 0.5) is 9.05 Å². The van der Waals surface area contributed by atoms with Gasteiger partial charge in [0, 0.05) is 9.05 Å². The van der Waals surface area contributed by atoms with E-state index >= 15 is 0 Å². The fraction of sp³-hybridized carbons (Fsp3) is 0.200. The Balaban J connectivity index is -0.000000103. The van der Waals surface area contributed by atoms with Crippen LogP contribution in [0, 0.1) is 0 Å². The average Bonchev–Trinajstić information content (AvgIpc) is 2.23. The van der Waals surface area contributed by atoms with Crippen LogP contribution in [0.15, 0.2) is 0 Å². The third-order valence-corrected chi connectivity index (χ3v) is 0.609. The molecule has 4 N–H and O–H groups in total. The number of carboxylic acids is 2. The Kier molecular flexibility index (Phi) is 21.6. The fourth-order valence-electron chi connectivity index (χ4n) is 0.192. The summed E-state index contributed by atoms with van der Waals surface area (Å²) in [6.45, 7) is 0. The van der Waals surface area contributed by atoms with Gasteiger partial charge in [0.25, 0.3) is 7.82 Å². The van der Waals surface area contributed by atoms with Gasteiger partial charge in [0.05, 0.1) is 0 Å². The van der Waals surface area contributed by atoms with E-state index in [2.05, 4.69) is 9.88 Å². The van der Waals surface area contributed by atoms with E-state index in [9.17, 15) is 28.2 Å². The van der Waals surface area contributed by atoms with E-state index in [1.807, 2.05) is 0 Å². The number of hydrogen-bond acceptors (Lipinski definition) is 8. The maximum Gasteiger partial charge on any atom is 1.00 e. The minimum absolute atomic E-state index is 0. The van der Waals surface area contributed by atoms with Gasteiger partial charge in [-0.3, -0.25) is 14.2 Å². The van der Waals surface area contributed by atoms with Crippen LogP contribution in [-0.4, -0.2) is 43.9 Å². The smallest absolute Gasteiger partial charge is 0.756 e. The molecule has 0 radical (unpaired) electrons. The molecule has 16 heteroatoms. The summed E-state index contributed by atoms with van der Waals surface area (Å²) in [5.74, 6) is -6.67. The van der Waals surface area contributed by atoms with E-state index in [0.29, 0.717) is 0 Å². The van der Waals surface area contributed by atoms with Crippen molar-refractivity contribution < 1.29 is 119 Å². The zero-order valence-corrected chi connectivity index (χ0v) is 14.0. The molecule has 0 atom stereocenters. The summed E-state index contributed by atoms with van der Waals surface area (Å²) in [7, 11) is -4.89. The monoisotopic (exact) mass is 366 g/mol. The van der Waals surface area contributed by atoms with Gasteiger partial charge in [0.1, 0.15) is 6.42 Å². The maximum atomic E-state index is 10.5. The third kappa shape index (κ3) is 45.2. The van der Waals surface area contributed by atoms with Gasteiger partial charge in [-0.05, 0) is 0 Å². The minimum Gasteiger partial charge on any atom is -0.756 e. The number of carbonyl (C=O) groups is 4. The molecule has 0 aliphatic carbocycles. The Hall–Kier alpha value is -0.514. The van der Waals surface area contributed by atoms with Crippen molar-refractivity contribution in [1.29, 1.82) is 0 Å². The summed E-state index contributed by atoms with van der Waals surface area (Å²) in [5, 5.41) is 15.4. The topological polar surface area (TPSA) is 208 Å². The van der Waals surface area contributed by atoms with Crippen molar-refractivity contribution in [2.24, 2.45) is 0 Å². The molecule has 0 amide bonds. The summed E-state index contributed by atoms with van der Waals surface area (Å²) in [6.07, 6.45) is -0.806. The first-order valence-electron chi connectivity index (χ1n) is 3.70. The van der Waals surface area contributed by atoms with Gasteiger partial charge < -0.3 is 24.9 Å². The third-order valence-electron chi connectivity index (χ3n) is 0.609. The molecule has 21 heavy (non-hydrogen) atoms. The Morgan fingerprint density at radius 1 is 0.952 bits per heavy atom. The molecule has 12 nitrogen and oxygen atoms in total. The zero-order valence-electron chi connectivity index (χ0n) is 9.97. The normalized spacial score (nSPS) is 8.43. The summed E-state index contributed by atoms with van der Waals surface area (Å²) in [5.41, 5.74) is 0. The molecule has 0 heterocycles. The van der Waals surface area contributed by atoms with Crippen LogP contribution < -0.4 is 56.3 Å². The second kappa shape index (κ2) is 15.9. The maximum absolute atomic E-state index is 10.5. The van der Waals surface area contributed by atoms with E-state index in [0.717, 1.165) is 0 Å². The summed E-state index contributed by atoms with van der Waals surface area (Å²) in [6, 6.07) is 0. The first-order valence-corrected chi connectivity index (χ1v) is 5.23. The number of carbonyl (C=O) groups excluding carboxylic acids is 2. The molecule has 0 aliphatic rings. The number of rotatable bonds is 2. The van der Waals surface area contributed by atoms with E-state index in [1.165, 1.54) is 0 Å². The van der Waals surface area contributed by atoms with Crippen molar-refractivity contribution in [2.45, 2.75) is 6.42 Å².